The zero-order chi connectivity index (χ0) is 14.4. The van der Waals surface area contributed by atoms with E-state index >= 15 is 0 Å². The monoisotopic (exact) mass is 276 g/mol. The summed E-state index contributed by atoms with van der Waals surface area (Å²) in [6.07, 6.45) is 3.32. The Balaban J connectivity index is 1.71. The van der Waals surface area contributed by atoms with Gasteiger partial charge in [-0.15, -0.1) is 0 Å². The van der Waals surface area contributed by atoms with Crippen molar-refractivity contribution in [3.8, 4) is 0 Å². The number of nitrogens with one attached hydrogen (secondary N) is 2. The van der Waals surface area contributed by atoms with Crippen LogP contribution in [0.2, 0.25) is 0 Å². The Morgan fingerprint density at radius 3 is 2.65 bits per heavy atom. The van der Waals surface area contributed by atoms with Gasteiger partial charge in [0.05, 0.1) is 6.10 Å². The minimum absolute atomic E-state index is 0.0116. The highest BCUT2D eigenvalue weighted by Crippen LogP contribution is 2.14. The van der Waals surface area contributed by atoms with Crippen LogP contribution in [0.15, 0.2) is 24.3 Å². The first-order valence-corrected chi connectivity index (χ1v) is 6.92. The lowest BCUT2D eigenvalue weighted by Gasteiger charge is -2.11. The van der Waals surface area contributed by atoms with Crippen molar-refractivity contribution in [2.24, 2.45) is 0 Å². The Bertz CT molecular complexity index is 465. The molecule has 0 bridgehead atoms. The summed E-state index contributed by atoms with van der Waals surface area (Å²) in [5.41, 5.74) is 1.30. The van der Waals surface area contributed by atoms with Gasteiger partial charge in [0, 0.05) is 24.4 Å². The highest BCUT2D eigenvalue weighted by molar-refractivity contribution is 5.95. The Hall–Kier alpha value is -1.88. The van der Waals surface area contributed by atoms with Gasteiger partial charge in [0.15, 0.2) is 5.78 Å². The van der Waals surface area contributed by atoms with Crippen LogP contribution in [-0.4, -0.2) is 31.1 Å². The van der Waals surface area contributed by atoms with Crippen molar-refractivity contribution in [2.45, 2.75) is 32.3 Å². The molecule has 2 amide bonds. The van der Waals surface area contributed by atoms with Gasteiger partial charge < -0.3 is 15.4 Å². The number of hydrogen-bond donors (Lipinski definition) is 2. The van der Waals surface area contributed by atoms with Gasteiger partial charge in [-0.05, 0) is 50.5 Å². The second-order valence-electron chi connectivity index (χ2n) is 4.94. The van der Waals surface area contributed by atoms with Crippen molar-refractivity contribution in [3.63, 3.8) is 0 Å². The molecule has 5 nitrogen and oxygen atoms in total. The zero-order valence-electron chi connectivity index (χ0n) is 11.6. The van der Waals surface area contributed by atoms with Gasteiger partial charge in [0.2, 0.25) is 0 Å². The van der Waals surface area contributed by atoms with Crippen LogP contribution in [0, 0.1) is 0 Å². The van der Waals surface area contributed by atoms with Crippen LogP contribution in [0.3, 0.4) is 0 Å². The Morgan fingerprint density at radius 2 is 2.05 bits per heavy atom. The minimum atomic E-state index is -0.237. The van der Waals surface area contributed by atoms with Gasteiger partial charge in [0.1, 0.15) is 0 Å². The average Bonchev–Trinajstić information content (AvgIpc) is 2.92. The molecule has 1 heterocycles. The molecule has 20 heavy (non-hydrogen) atoms. The van der Waals surface area contributed by atoms with E-state index in [4.69, 9.17) is 4.74 Å². The van der Waals surface area contributed by atoms with E-state index in [2.05, 4.69) is 10.6 Å². The van der Waals surface area contributed by atoms with Gasteiger partial charge in [-0.3, -0.25) is 4.79 Å². The number of benzene rings is 1. The first-order chi connectivity index (χ1) is 9.65. The predicted octanol–water partition coefficient (Wildman–Crippen LogP) is 2.58. The maximum absolute atomic E-state index is 11.7. The van der Waals surface area contributed by atoms with Crippen LogP contribution in [0.4, 0.5) is 10.5 Å². The van der Waals surface area contributed by atoms with Crippen molar-refractivity contribution in [1.82, 2.24) is 5.32 Å². The molecule has 2 N–H and O–H groups in total. The van der Waals surface area contributed by atoms with Crippen molar-refractivity contribution in [2.75, 3.05) is 18.5 Å². The van der Waals surface area contributed by atoms with E-state index in [0.717, 1.165) is 25.9 Å². The second kappa shape index (κ2) is 7.05. The van der Waals surface area contributed by atoms with Crippen LogP contribution in [-0.2, 0) is 4.74 Å². The molecule has 1 fully saturated rings. The largest absolute Gasteiger partial charge is 0.378 e. The van der Waals surface area contributed by atoms with Crippen molar-refractivity contribution in [3.05, 3.63) is 29.8 Å². The van der Waals surface area contributed by atoms with Gasteiger partial charge in [-0.2, -0.15) is 0 Å². The highest BCUT2D eigenvalue weighted by atomic mass is 16.5. The maximum Gasteiger partial charge on any atom is 0.319 e. The standard InChI is InChI=1S/C15H20N2O3/c1-11(18)12-4-6-13(7-5-12)17-15(19)16-9-8-14-3-2-10-20-14/h4-7,14H,2-3,8-10H2,1H3,(H2,16,17,19)/t14-/m1/s1. The highest BCUT2D eigenvalue weighted by Gasteiger charge is 2.15. The lowest BCUT2D eigenvalue weighted by atomic mass is 10.1. The summed E-state index contributed by atoms with van der Waals surface area (Å²) in [5.74, 6) is 0.0116. The predicted molar refractivity (Wildman–Crippen MR) is 77.1 cm³/mol. The van der Waals surface area contributed by atoms with E-state index in [0.29, 0.717) is 17.8 Å². The third-order valence-electron chi connectivity index (χ3n) is 3.33. The third-order valence-corrected chi connectivity index (χ3v) is 3.33. The summed E-state index contributed by atoms with van der Waals surface area (Å²) < 4.78 is 5.48. The number of amides is 2. The molecule has 1 aromatic carbocycles. The summed E-state index contributed by atoms with van der Waals surface area (Å²) in [6, 6.07) is 6.60. The van der Waals surface area contributed by atoms with Gasteiger partial charge in [0.25, 0.3) is 0 Å². The summed E-state index contributed by atoms with van der Waals surface area (Å²) in [5, 5.41) is 5.53. The number of carbonyl (C=O) groups is 2. The van der Waals surface area contributed by atoms with Crippen LogP contribution in [0.5, 0.6) is 0 Å². The molecule has 1 saturated heterocycles. The molecule has 1 aliphatic rings. The number of ether oxygens (including phenoxy) is 1. The molecule has 0 saturated carbocycles. The molecule has 0 aromatic heterocycles. The minimum Gasteiger partial charge on any atom is -0.378 e. The van der Waals surface area contributed by atoms with E-state index in [1.807, 2.05) is 0 Å². The number of Topliss-reactive ketones (excluding diaryl/α,β-unsaturated/α-hetero) is 1. The topological polar surface area (TPSA) is 67.4 Å². The fraction of sp³-hybridized carbons (Fsp3) is 0.467. The second-order valence-corrected chi connectivity index (χ2v) is 4.94. The van der Waals surface area contributed by atoms with Crippen LogP contribution in [0.1, 0.15) is 36.5 Å². The fourth-order valence-electron chi connectivity index (χ4n) is 2.18. The molecule has 5 heteroatoms. The van der Waals surface area contributed by atoms with Crippen LogP contribution in [0.25, 0.3) is 0 Å². The number of urea groups is 1. The third kappa shape index (κ3) is 4.35. The lowest BCUT2D eigenvalue weighted by Crippen LogP contribution is -2.31. The lowest BCUT2D eigenvalue weighted by molar-refractivity contribution is 0.101. The molecule has 1 atom stereocenters. The summed E-state index contributed by atoms with van der Waals surface area (Å²) in [6.45, 7) is 2.95. The van der Waals surface area contributed by atoms with Crippen molar-refractivity contribution >= 4 is 17.5 Å². The van der Waals surface area contributed by atoms with Crippen molar-refractivity contribution < 1.29 is 14.3 Å². The Labute approximate surface area is 118 Å². The number of carbonyl (C=O) groups excluding carboxylic acids is 2. The Kier molecular flexibility index (Phi) is 5.12. The van der Waals surface area contributed by atoms with Crippen LogP contribution < -0.4 is 10.6 Å². The summed E-state index contributed by atoms with van der Waals surface area (Å²) in [7, 11) is 0. The number of anilines is 1. The maximum atomic E-state index is 11.7. The Morgan fingerprint density at radius 1 is 1.30 bits per heavy atom. The molecular formula is C15H20N2O3. The van der Waals surface area contributed by atoms with E-state index in [9.17, 15) is 9.59 Å². The molecule has 0 radical (unpaired) electrons. The summed E-state index contributed by atoms with van der Waals surface area (Å²) in [4.78, 5) is 22.8. The molecule has 1 aromatic rings. The molecule has 0 spiro atoms. The van der Waals surface area contributed by atoms with Gasteiger partial charge in [-0.1, -0.05) is 0 Å². The van der Waals surface area contributed by atoms with Gasteiger partial charge in [-0.25, -0.2) is 4.79 Å². The van der Waals surface area contributed by atoms with Crippen LogP contribution >= 0.6 is 0 Å². The first kappa shape index (κ1) is 14.5. The van der Waals surface area contributed by atoms with E-state index in [1.54, 1.807) is 24.3 Å². The smallest absolute Gasteiger partial charge is 0.319 e. The molecule has 0 unspecified atom stereocenters. The molecule has 1 aliphatic heterocycles. The number of ketones is 1. The average molecular weight is 276 g/mol. The molecule has 108 valence electrons. The first-order valence-electron chi connectivity index (χ1n) is 6.92. The van der Waals surface area contributed by atoms with E-state index in [-0.39, 0.29) is 17.9 Å². The molecule has 2 rings (SSSR count). The SMILES string of the molecule is CC(=O)c1ccc(NC(=O)NCC[C@H]2CCCO2)cc1. The zero-order valence-corrected chi connectivity index (χ0v) is 11.6. The van der Waals surface area contributed by atoms with Crippen molar-refractivity contribution in [1.29, 1.82) is 0 Å². The quantitative estimate of drug-likeness (QED) is 0.812. The number of rotatable bonds is 5. The number of hydrogen-bond acceptors (Lipinski definition) is 3. The van der Waals surface area contributed by atoms with E-state index in [1.165, 1.54) is 6.92 Å². The molecular weight excluding hydrogens is 256 g/mol. The van der Waals surface area contributed by atoms with E-state index < -0.39 is 0 Å². The molecule has 0 aliphatic carbocycles. The van der Waals surface area contributed by atoms with Gasteiger partial charge >= 0.3 is 6.03 Å². The summed E-state index contributed by atoms with van der Waals surface area (Å²) >= 11 is 0. The fourth-order valence-corrected chi connectivity index (χ4v) is 2.18. The normalized spacial score (nSPS) is 17.8.